The Kier molecular flexibility index (Phi) is 47.9. The molecule has 0 aliphatic carbocycles. The fourth-order valence-electron chi connectivity index (χ4n) is 7.03. The molecule has 1 atom stereocenters. The standard InChI is InChI=1S/C56H96O6/c1-4-7-10-13-16-19-22-25-26-27-28-29-30-32-34-37-40-43-46-49-55(58)61-52-53(51-60-54(57)48-45-42-39-36-33-24-21-18-15-12-9-6-3)62-56(59)50-47-44-41-38-35-31-23-20-17-14-11-8-5-2/h7,10,16,18-19,21,25-26,31,35,41,44,53H,4-6,8-9,11-15,17,20,22-24,27-30,32-34,36-40,42-43,45-52H2,1-3H3/b10-7-,19-16-,21-18-,26-25-,35-31-,44-41-. The van der Waals surface area contributed by atoms with E-state index in [1.165, 1.54) is 122 Å². The lowest BCUT2D eigenvalue weighted by Crippen LogP contribution is -2.30. The normalized spacial score (nSPS) is 12.6. The fraction of sp³-hybridized carbons (Fsp3) is 0.732. The van der Waals surface area contributed by atoms with Crippen molar-refractivity contribution in [2.24, 2.45) is 0 Å². The highest BCUT2D eigenvalue weighted by Gasteiger charge is 2.19. The van der Waals surface area contributed by atoms with Crippen LogP contribution in [0, 0.1) is 0 Å². The van der Waals surface area contributed by atoms with E-state index in [0.29, 0.717) is 19.3 Å². The Morgan fingerprint density at radius 3 is 1.10 bits per heavy atom. The smallest absolute Gasteiger partial charge is 0.306 e. The molecular formula is C56H96O6. The highest BCUT2D eigenvalue weighted by molar-refractivity contribution is 5.71. The number of hydrogen-bond donors (Lipinski definition) is 0. The molecule has 0 spiro atoms. The summed E-state index contributed by atoms with van der Waals surface area (Å²) >= 11 is 0. The van der Waals surface area contributed by atoms with Crippen LogP contribution in [0.2, 0.25) is 0 Å². The van der Waals surface area contributed by atoms with Crippen molar-refractivity contribution < 1.29 is 28.6 Å². The Balaban J connectivity index is 4.41. The minimum absolute atomic E-state index is 0.103. The van der Waals surface area contributed by atoms with Crippen molar-refractivity contribution in [3.05, 3.63) is 72.9 Å². The van der Waals surface area contributed by atoms with Crippen LogP contribution in [0.4, 0.5) is 0 Å². The summed E-state index contributed by atoms with van der Waals surface area (Å²) < 4.78 is 16.7. The van der Waals surface area contributed by atoms with E-state index >= 15 is 0 Å². The van der Waals surface area contributed by atoms with Gasteiger partial charge in [0.25, 0.3) is 0 Å². The number of esters is 3. The Labute approximate surface area is 382 Å². The topological polar surface area (TPSA) is 78.9 Å². The van der Waals surface area contributed by atoms with Gasteiger partial charge >= 0.3 is 17.9 Å². The average Bonchev–Trinajstić information content (AvgIpc) is 3.27. The Bertz CT molecular complexity index is 1180. The molecule has 0 aliphatic heterocycles. The van der Waals surface area contributed by atoms with Crippen LogP contribution in [0.15, 0.2) is 72.9 Å². The Morgan fingerprint density at radius 2 is 0.661 bits per heavy atom. The first kappa shape index (κ1) is 58.9. The van der Waals surface area contributed by atoms with Gasteiger partial charge in [0.05, 0.1) is 0 Å². The van der Waals surface area contributed by atoms with Gasteiger partial charge in [0.15, 0.2) is 6.10 Å². The van der Waals surface area contributed by atoms with Crippen LogP contribution in [0.3, 0.4) is 0 Å². The lowest BCUT2D eigenvalue weighted by Gasteiger charge is -2.18. The highest BCUT2D eigenvalue weighted by Crippen LogP contribution is 2.14. The second-order valence-electron chi connectivity index (χ2n) is 17.0. The molecule has 62 heavy (non-hydrogen) atoms. The zero-order valence-corrected chi connectivity index (χ0v) is 40.6. The highest BCUT2D eigenvalue weighted by atomic mass is 16.6. The predicted molar refractivity (Wildman–Crippen MR) is 265 cm³/mol. The molecule has 0 saturated carbocycles. The van der Waals surface area contributed by atoms with Crippen LogP contribution in [0.1, 0.15) is 245 Å². The molecule has 356 valence electrons. The van der Waals surface area contributed by atoms with E-state index < -0.39 is 6.10 Å². The number of carbonyl (C=O) groups excluding carboxylic acids is 3. The monoisotopic (exact) mass is 865 g/mol. The zero-order chi connectivity index (χ0) is 45.1. The average molecular weight is 865 g/mol. The molecule has 0 amide bonds. The van der Waals surface area contributed by atoms with Gasteiger partial charge in [0.1, 0.15) is 13.2 Å². The van der Waals surface area contributed by atoms with Crippen LogP contribution in [0.5, 0.6) is 0 Å². The van der Waals surface area contributed by atoms with Crippen molar-refractivity contribution in [1.29, 1.82) is 0 Å². The molecular weight excluding hydrogens is 769 g/mol. The number of hydrogen-bond acceptors (Lipinski definition) is 6. The quantitative estimate of drug-likeness (QED) is 0.0262. The van der Waals surface area contributed by atoms with Crippen LogP contribution in [-0.4, -0.2) is 37.2 Å². The van der Waals surface area contributed by atoms with Crippen molar-refractivity contribution >= 4 is 17.9 Å². The summed E-state index contributed by atoms with van der Waals surface area (Å²) in [6.45, 7) is 6.43. The van der Waals surface area contributed by atoms with Crippen LogP contribution < -0.4 is 0 Å². The van der Waals surface area contributed by atoms with Crippen molar-refractivity contribution in [3.63, 3.8) is 0 Å². The summed E-state index contributed by atoms with van der Waals surface area (Å²) in [5, 5.41) is 0. The molecule has 0 N–H and O–H groups in total. The third-order valence-electron chi connectivity index (χ3n) is 10.9. The van der Waals surface area contributed by atoms with E-state index in [9.17, 15) is 14.4 Å². The Hall–Kier alpha value is -3.15. The van der Waals surface area contributed by atoms with Crippen molar-refractivity contribution in [2.75, 3.05) is 13.2 Å². The van der Waals surface area contributed by atoms with Gasteiger partial charge in [-0.2, -0.15) is 0 Å². The predicted octanol–water partition coefficient (Wildman–Crippen LogP) is 17.0. The number of unbranched alkanes of at least 4 members (excludes halogenated alkanes) is 23. The maximum absolute atomic E-state index is 12.7. The van der Waals surface area contributed by atoms with Gasteiger partial charge in [-0.25, -0.2) is 0 Å². The third kappa shape index (κ3) is 47.9. The van der Waals surface area contributed by atoms with E-state index in [1.54, 1.807) is 0 Å². The van der Waals surface area contributed by atoms with Gasteiger partial charge in [-0.3, -0.25) is 14.4 Å². The van der Waals surface area contributed by atoms with Gasteiger partial charge in [-0.1, -0.05) is 203 Å². The van der Waals surface area contributed by atoms with E-state index in [1.807, 2.05) is 6.08 Å². The zero-order valence-electron chi connectivity index (χ0n) is 40.6. The molecule has 1 unspecified atom stereocenters. The second-order valence-corrected chi connectivity index (χ2v) is 17.0. The summed E-state index contributed by atoms with van der Waals surface area (Å²) in [6.07, 6.45) is 63.3. The molecule has 0 bridgehead atoms. The summed E-state index contributed by atoms with van der Waals surface area (Å²) in [4.78, 5) is 37.9. The summed E-state index contributed by atoms with van der Waals surface area (Å²) in [7, 11) is 0. The minimum Gasteiger partial charge on any atom is -0.462 e. The molecule has 0 saturated heterocycles. The van der Waals surface area contributed by atoms with Gasteiger partial charge < -0.3 is 14.2 Å². The first-order valence-corrected chi connectivity index (χ1v) is 25.9. The molecule has 0 heterocycles. The largest absolute Gasteiger partial charge is 0.462 e. The lowest BCUT2D eigenvalue weighted by molar-refractivity contribution is -0.166. The van der Waals surface area contributed by atoms with Crippen LogP contribution in [0.25, 0.3) is 0 Å². The van der Waals surface area contributed by atoms with Gasteiger partial charge in [-0.05, 0) is 96.3 Å². The van der Waals surface area contributed by atoms with Crippen molar-refractivity contribution in [1.82, 2.24) is 0 Å². The third-order valence-corrected chi connectivity index (χ3v) is 10.9. The van der Waals surface area contributed by atoms with Gasteiger partial charge in [-0.15, -0.1) is 0 Å². The molecule has 0 aromatic heterocycles. The van der Waals surface area contributed by atoms with E-state index in [2.05, 4.69) is 87.6 Å². The van der Waals surface area contributed by atoms with E-state index in [0.717, 1.165) is 77.0 Å². The Morgan fingerprint density at radius 1 is 0.339 bits per heavy atom. The summed E-state index contributed by atoms with van der Waals surface area (Å²) in [6, 6.07) is 0. The lowest BCUT2D eigenvalue weighted by atomic mass is 10.1. The molecule has 6 nitrogen and oxygen atoms in total. The second kappa shape index (κ2) is 50.5. The molecule has 0 fully saturated rings. The minimum atomic E-state index is -0.810. The van der Waals surface area contributed by atoms with Crippen molar-refractivity contribution in [3.8, 4) is 0 Å². The number of rotatable bonds is 46. The molecule has 0 aromatic carbocycles. The molecule has 6 heteroatoms. The fourth-order valence-corrected chi connectivity index (χ4v) is 7.03. The summed E-state index contributed by atoms with van der Waals surface area (Å²) in [5.41, 5.74) is 0. The molecule has 0 radical (unpaired) electrons. The molecule has 0 aromatic rings. The molecule has 0 rings (SSSR count). The maximum Gasteiger partial charge on any atom is 0.306 e. The van der Waals surface area contributed by atoms with E-state index in [4.69, 9.17) is 14.2 Å². The molecule has 0 aliphatic rings. The maximum atomic E-state index is 12.7. The van der Waals surface area contributed by atoms with Crippen molar-refractivity contribution in [2.45, 2.75) is 252 Å². The number of carbonyl (C=O) groups is 3. The first-order valence-electron chi connectivity index (χ1n) is 25.9. The van der Waals surface area contributed by atoms with Gasteiger partial charge in [0, 0.05) is 19.3 Å². The number of ether oxygens (including phenoxy) is 3. The summed E-state index contributed by atoms with van der Waals surface area (Å²) in [5.74, 6) is -0.985. The van der Waals surface area contributed by atoms with Crippen LogP contribution >= 0.6 is 0 Å². The van der Waals surface area contributed by atoms with E-state index in [-0.39, 0.29) is 37.5 Å². The van der Waals surface area contributed by atoms with Crippen LogP contribution in [-0.2, 0) is 28.6 Å². The first-order chi connectivity index (χ1) is 30.5. The number of allylic oxidation sites excluding steroid dienone is 12. The van der Waals surface area contributed by atoms with Gasteiger partial charge in [0.2, 0.25) is 0 Å². The SMILES string of the molecule is CC/C=C\C/C=C\C/C=C\CCCCCCCCCCCC(=O)OCC(COC(=O)CCCCCCC/C=C\CCCCC)OC(=O)CC/C=C\C/C=C\CCCCCCCC.